The Morgan fingerprint density at radius 3 is 2.94 bits per heavy atom. The number of amides is 1. The molecule has 0 saturated carbocycles. The number of hydrogen-bond acceptors (Lipinski definition) is 4. The van der Waals surface area contributed by atoms with Gasteiger partial charge in [0.2, 0.25) is 0 Å². The number of nitrogens with zero attached hydrogens (tertiary/aromatic N) is 2. The van der Waals surface area contributed by atoms with Gasteiger partial charge in [-0.05, 0) is 0 Å². The van der Waals surface area contributed by atoms with Crippen molar-refractivity contribution >= 4 is 48.2 Å². The van der Waals surface area contributed by atoms with E-state index < -0.39 is 0 Å². The Morgan fingerprint density at radius 2 is 2.12 bits per heavy atom. The van der Waals surface area contributed by atoms with Gasteiger partial charge in [0.25, 0.3) is 0 Å². The van der Waals surface area contributed by atoms with Crippen LogP contribution in [0.2, 0.25) is 0 Å². The van der Waals surface area contributed by atoms with Crippen molar-refractivity contribution in [2.45, 2.75) is 0 Å². The molecule has 0 spiro atoms. The predicted octanol–water partition coefficient (Wildman–Crippen LogP) is 2.00. The third-order valence-electron chi connectivity index (χ3n) is 2.27. The van der Waals surface area contributed by atoms with Crippen LogP contribution in [0.25, 0.3) is 11.0 Å². The summed E-state index contributed by atoms with van der Waals surface area (Å²) >= 11 is 1.45. The molecule has 1 N–H and O–H groups in total. The summed E-state index contributed by atoms with van der Waals surface area (Å²) in [5, 5.41) is 5.62. The van der Waals surface area contributed by atoms with Crippen molar-refractivity contribution in [2.24, 2.45) is 0 Å². The molecule has 6 heteroatoms. The third kappa shape index (κ3) is 2.15. The molecule has 3 aromatic rings. The van der Waals surface area contributed by atoms with Crippen LogP contribution in [0.15, 0.2) is 35.7 Å². The fourth-order valence-corrected chi connectivity index (χ4v) is 3.16. The van der Waals surface area contributed by atoms with Gasteiger partial charge in [-0.15, -0.1) is 0 Å². The van der Waals surface area contributed by atoms with Gasteiger partial charge in [0.05, 0.1) is 0 Å². The molecule has 0 aliphatic carbocycles. The number of aromatic nitrogens is 2. The van der Waals surface area contributed by atoms with Crippen molar-refractivity contribution in [3.05, 3.63) is 41.3 Å². The van der Waals surface area contributed by atoms with Gasteiger partial charge >= 0.3 is 108 Å². The van der Waals surface area contributed by atoms with Crippen molar-refractivity contribution in [1.29, 1.82) is 0 Å². The molecule has 84 valence electrons. The van der Waals surface area contributed by atoms with Gasteiger partial charge in [-0.2, -0.15) is 0 Å². The minimum absolute atomic E-state index is 0.0504. The van der Waals surface area contributed by atoms with Gasteiger partial charge in [-0.3, -0.25) is 0 Å². The zero-order chi connectivity index (χ0) is 11.7. The van der Waals surface area contributed by atoms with E-state index >= 15 is 0 Å². The number of benzene rings is 1. The molecule has 1 aromatic carbocycles. The van der Waals surface area contributed by atoms with Crippen molar-refractivity contribution < 1.29 is 4.79 Å². The summed E-state index contributed by atoms with van der Waals surface area (Å²) in [6.45, 7) is 0. The van der Waals surface area contributed by atoms with Gasteiger partial charge in [-0.25, -0.2) is 0 Å². The van der Waals surface area contributed by atoms with E-state index in [-0.39, 0.29) is 20.9 Å². The van der Waals surface area contributed by atoms with Crippen LogP contribution in [-0.2, 0) is 0 Å². The van der Waals surface area contributed by atoms with Crippen LogP contribution >= 0.6 is 11.3 Å². The maximum atomic E-state index is 11.9. The first-order valence-corrected chi connectivity index (χ1v) is 7.31. The van der Waals surface area contributed by atoms with Gasteiger partial charge in [0, 0.05) is 0 Å². The normalized spacial score (nSPS) is 10.6. The molecule has 0 unspecified atom stereocenters. The first-order chi connectivity index (χ1) is 8.33. The van der Waals surface area contributed by atoms with E-state index in [9.17, 15) is 4.79 Å². The number of anilines is 1. The van der Waals surface area contributed by atoms with Crippen LogP contribution in [0, 0.1) is 0 Å². The van der Waals surface area contributed by atoms with Crippen LogP contribution in [-0.4, -0.2) is 28.8 Å². The monoisotopic (exact) mass is 309 g/mol. The first kappa shape index (κ1) is 10.7. The van der Waals surface area contributed by atoms with Crippen LogP contribution in [0.1, 0.15) is 10.4 Å². The Labute approximate surface area is 108 Å². The van der Waals surface area contributed by atoms with Crippen molar-refractivity contribution in [2.75, 3.05) is 5.32 Å². The summed E-state index contributed by atoms with van der Waals surface area (Å²) < 4.78 is 8.50. The second kappa shape index (κ2) is 4.41. The molecule has 2 aromatic heterocycles. The summed E-state index contributed by atoms with van der Waals surface area (Å²) in [7, 11) is 0. The molecule has 1 amide bonds. The van der Waals surface area contributed by atoms with Gasteiger partial charge in [0.1, 0.15) is 0 Å². The Bertz CT molecular complexity index is 662. The molecule has 0 saturated heterocycles. The molecule has 0 aliphatic rings. The molecule has 17 heavy (non-hydrogen) atoms. The Morgan fingerprint density at radius 1 is 1.24 bits per heavy atom. The minimum atomic E-state index is -0.107. The predicted molar refractivity (Wildman–Crippen MR) is 68.8 cm³/mol. The Kier molecular flexibility index (Phi) is 2.76. The van der Waals surface area contributed by atoms with Crippen molar-refractivity contribution in [1.82, 2.24) is 7.96 Å². The molecule has 2 heterocycles. The molecule has 0 fully saturated rings. The van der Waals surface area contributed by atoms with E-state index in [0.717, 1.165) is 16.0 Å². The molecule has 4 nitrogen and oxygen atoms in total. The molecule has 0 atom stereocenters. The molecule has 3 rings (SSSR count). The second-order valence-electron chi connectivity index (χ2n) is 3.40. The average Bonchev–Trinajstić information content (AvgIpc) is 2.97. The summed E-state index contributed by atoms with van der Waals surface area (Å²) in [5.41, 5.74) is 2.33. The number of rotatable bonds is 2. The van der Waals surface area contributed by atoms with Gasteiger partial charge < -0.3 is 0 Å². The van der Waals surface area contributed by atoms with E-state index in [1.165, 1.54) is 11.3 Å². The number of carbonyl (C=O) groups is 1. The van der Waals surface area contributed by atoms with Gasteiger partial charge in [-0.1, -0.05) is 0 Å². The van der Waals surface area contributed by atoms with Crippen LogP contribution < -0.4 is 5.32 Å². The van der Waals surface area contributed by atoms with E-state index in [4.69, 9.17) is 0 Å². The number of carbonyl (C=O) groups excluding carboxylic acids is 1. The first-order valence-electron chi connectivity index (χ1n) is 4.90. The Hall–Kier alpha value is -1.49. The number of nitrogens with one attached hydrogen (secondary N) is 1. The average molecular weight is 308 g/mol. The SMILES string of the molecule is O=C(Nc1cccs1)c1ccc2n[se]nc2c1. The van der Waals surface area contributed by atoms with E-state index in [2.05, 4.69) is 13.3 Å². The van der Waals surface area contributed by atoms with Crippen LogP contribution in [0.5, 0.6) is 0 Å². The fourth-order valence-electron chi connectivity index (χ4n) is 1.46. The number of fused-ring (bicyclic) bond motifs is 1. The molecular formula is C11H7N3OSSe. The van der Waals surface area contributed by atoms with Gasteiger partial charge in [0.15, 0.2) is 0 Å². The zero-order valence-corrected chi connectivity index (χ0v) is 11.1. The van der Waals surface area contributed by atoms with Crippen molar-refractivity contribution in [3.63, 3.8) is 0 Å². The second-order valence-corrected chi connectivity index (χ2v) is 5.46. The van der Waals surface area contributed by atoms with Crippen LogP contribution in [0.4, 0.5) is 5.00 Å². The molecule has 0 aliphatic heterocycles. The van der Waals surface area contributed by atoms with E-state index in [1.807, 2.05) is 23.6 Å². The van der Waals surface area contributed by atoms with Crippen molar-refractivity contribution in [3.8, 4) is 0 Å². The molecule has 0 bridgehead atoms. The standard InChI is InChI=1S/C11H7N3OSSe/c15-11(12-10-2-1-5-16-10)7-3-4-8-9(6-7)14-17-13-8/h1-6H,(H,12,15). The number of thiophene rings is 1. The molecular weight excluding hydrogens is 301 g/mol. The van der Waals surface area contributed by atoms with E-state index in [0.29, 0.717) is 5.56 Å². The summed E-state index contributed by atoms with van der Waals surface area (Å²) in [6, 6.07) is 9.19. The summed E-state index contributed by atoms with van der Waals surface area (Å²) in [5.74, 6) is -0.107. The van der Waals surface area contributed by atoms with E-state index in [1.54, 1.807) is 12.1 Å². The summed E-state index contributed by atoms with van der Waals surface area (Å²) in [4.78, 5) is 11.9. The zero-order valence-electron chi connectivity index (χ0n) is 8.58. The number of hydrogen-bond donors (Lipinski definition) is 1. The topological polar surface area (TPSA) is 54.9 Å². The fraction of sp³-hybridized carbons (Fsp3) is 0. The maximum absolute atomic E-state index is 11.9. The molecule has 0 radical (unpaired) electrons. The third-order valence-corrected chi connectivity index (χ3v) is 4.23. The quantitative estimate of drug-likeness (QED) is 0.737. The van der Waals surface area contributed by atoms with Crippen LogP contribution in [0.3, 0.4) is 0 Å². The Balaban J connectivity index is 1.90. The summed E-state index contributed by atoms with van der Waals surface area (Å²) in [6.07, 6.45) is 0.